The number of phenolic OH excluding ortho intramolecular Hbond substituents is 2. The van der Waals surface area contributed by atoms with Gasteiger partial charge in [-0.1, -0.05) is 72.8 Å². The van der Waals surface area contributed by atoms with Crippen molar-refractivity contribution in [2.45, 2.75) is 0 Å². The molecule has 0 saturated heterocycles. The molecule has 0 saturated carbocycles. The number of aromatic hydroxyl groups is 2. The van der Waals surface area contributed by atoms with E-state index in [9.17, 15) is 10.2 Å². The van der Waals surface area contributed by atoms with E-state index in [0.29, 0.717) is 26.2 Å². The second-order valence-corrected chi connectivity index (χ2v) is 11.2. The van der Waals surface area contributed by atoms with Gasteiger partial charge in [-0.15, -0.1) is 0 Å². The van der Waals surface area contributed by atoms with Crippen LogP contribution in [-0.2, 0) is 0 Å². The molecule has 0 aliphatic carbocycles. The molecule has 0 bridgehead atoms. The van der Waals surface area contributed by atoms with Crippen molar-refractivity contribution in [3.63, 3.8) is 0 Å². The van der Waals surface area contributed by atoms with Crippen molar-refractivity contribution in [2.75, 3.05) is 26.2 Å². The highest BCUT2D eigenvalue weighted by molar-refractivity contribution is 6.26. The molecule has 8 aromatic carbocycles. The summed E-state index contributed by atoms with van der Waals surface area (Å²) in [7, 11) is 0. The summed E-state index contributed by atoms with van der Waals surface area (Å²) in [5.41, 5.74) is 1.45. The van der Waals surface area contributed by atoms with Gasteiger partial charge < -0.3 is 15.5 Å². The minimum absolute atomic E-state index is 0.270. The molecular weight excluding hydrogens is 530 g/mol. The fourth-order valence-electron chi connectivity index (χ4n) is 6.57. The predicted octanol–water partition coefficient (Wildman–Crippen LogP) is 8.02. The lowest BCUT2D eigenvalue weighted by molar-refractivity contribution is 0.480. The van der Waals surface area contributed by atoms with Crippen LogP contribution in [0.4, 0.5) is 0 Å². The fourth-order valence-corrected chi connectivity index (χ4v) is 6.57. The van der Waals surface area contributed by atoms with Crippen LogP contribution in [-0.4, -0.2) is 48.8 Å². The Bertz CT molecular complexity index is 2160. The zero-order valence-electron chi connectivity index (χ0n) is 23.5. The Kier molecular flexibility index (Phi) is 6.05. The van der Waals surface area contributed by atoms with Crippen molar-refractivity contribution in [1.82, 2.24) is 5.32 Å². The molecule has 3 N–H and O–H groups in total. The minimum atomic E-state index is 0.270. The topological polar surface area (TPSA) is 77.2 Å². The maximum absolute atomic E-state index is 11.0. The molecule has 0 amide bonds. The van der Waals surface area contributed by atoms with Gasteiger partial charge in [0.1, 0.15) is 11.5 Å². The van der Waals surface area contributed by atoms with E-state index in [1.165, 1.54) is 32.3 Å². The van der Waals surface area contributed by atoms with Gasteiger partial charge in [0.05, 0.1) is 13.1 Å². The molecule has 0 aliphatic rings. The van der Waals surface area contributed by atoms with Gasteiger partial charge in [0.2, 0.25) is 0 Å². The van der Waals surface area contributed by atoms with E-state index in [4.69, 9.17) is 0 Å². The fraction of sp³-hybridized carbons (Fsp3) is 0.105. The Morgan fingerprint density at radius 2 is 0.884 bits per heavy atom. The van der Waals surface area contributed by atoms with Crippen LogP contribution in [0.25, 0.3) is 64.6 Å². The summed E-state index contributed by atoms with van der Waals surface area (Å²) in [6.45, 7) is 2.58. The third kappa shape index (κ3) is 4.20. The highest BCUT2D eigenvalue weighted by Gasteiger charge is 2.14. The number of benzene rings is 8. The second-order valence-electron chi connectivity index (χ2n) is 11.2. The zero-order valence-corrected chi connectivity index (χ0v) is 23.5. The minimum Gasteiger partial charge on any atom is -0.507 e. The lowest BCUT2D eigenvalue weighted by Crippen LogP contribution is -2.20. The van der Waals surface area contributed by atoms with Gasteiger partial charge in [-0.25, -0.2) is 0 Å². The van der Waals surface area contributed by atoms with E-state index >= 15 is 0 Å². The summed E-state index contributed by atoms with van der Waals surface area (Å²) in [5, 5.41) is 38.7. The third-order valence-corrected chi connectivity index (χ3v) is 8.59. The standard InChI is InChI=1S/C38H29N3O2/c42-37-29(19-27-9-7-23-3-1-5-25-11-13-31(37)35(27)33(23)25)21-40-17-15-39-16-18-41-22-30-20-28-10-8-24-4-2-6-26-12-14-32(38(30)43)36(28)34(24)26/h1-14,19-22,39,42-43H,15-18H2. The van der Waals surface area contributed by atoms with Crippen molar-refractivity contribution in [3.05, 3.63) is 108 Å². The number of phenols is 2. The normalized spacial score (nSPS) is 12.7. The average molecular weight is 560 g/mol. The molecule has 5 nitrogen and oxygen atoms in total. The number of rotatable bonds is 8. The Morgan fingerprint density at radius 1 is 0.488 bits per heavy atom. The van der Waals surface area contributed by atoms with Crippen LogP contribution in [0.5, 0.6) is 11.5 Å². The first-order valence-corrected chi connectivity index (χ1v) is 14.7. The Morgan fingerprint density at radius 3 is 1.33 bits per heavy atom. The van der Waals surface area contributed by atoms with E-state index in [1.807, 2.05) is 24.3 Å². The van der Waals surface area contributed by atoms with Gasteiger partial charge in [-0.2, -0.15) is 0 Å². The first-order valence-electron chi connectivity index (χ1n) is 14.7. The molecule has 8 rings (SSSR count). The van der Waals surface area contributed by atoms with Crippen molar-refractivity contribution < 1.29 is 10.2 Å². The number of aliphatic imine (C=N–C) groups is 2. The van der Waals surface area contributed by atoms with Crippen LogP contribution in [0.2, 0.25) is 0 Å². The van der Waals surface area contributed by atoms with E-state index < -0.39 is 0 Å². The molecule has 43 heavy (non-hydrogen) atoms. The summed E-state index contributed by atoms with van der Waals surface area (Å²) < 4.78 is 0. The Hall–Kier alpha value is -5.26. The van der Waals surface area contributed by atoms with Crippen LogP contribution in [0.1, 0.15) is 11.1 Å². The van der Waals surface area contributed by atoms with Gasteiger partial charge in [-0.05, 0) is 67.4 Å². The first kappa shape index (κ1) is 25.5. The summed E-state index contributed by atoms with van der Waals surface area (Å²) in [4.78, 5) is 9.13. The maximum Gasteiger partial charge on any atom is 0.132 e. The summed E-state index contributed by atoms with van der Waals surface area (Å²) >= 11 is 0. The maximum atomic E-state index is 11.0. The van der Waals surface area contributed by atoms with E-state index in [1.54, 1.807) is 12.4 Å². The predicted molar refractivity (Wildman–Crippen MR) is 181 cm³/mol. The SMILES string of the molecule is Oc1c(C=NCCNCCN=Cc2cc3ccc4cccc5ccc(c2O)c3c45)cc2ccc3cccc4ccc1c2c34. The van der Waals surface area contributed by atoms with Crippen molar-refractivity contribution >= 4 is 77.1 Å². The lowest BCUT2D eigenvalue weighted by Gasteiger charge is -2.13. The number of hydrogen-bond acceptors (Lipinski definition) is 5. The number of nitrogens with zero attached hydrogens (tertiary/aromatic N) is 2. The van der Waals surface area contributed by atoms with Crippen LogP contribution < -0.4 is 5.32 Å². The number of hydrogen-bond donors (Lipinski definition) is 3. The zero-order chi connectivity index (χ0) is 28.9. The lowest BCUT2D eigenvalue weighted by atomic mass is 9.92. The van der Waals surface area contributed by atoms with Crippen LogP contribution in [0.15, 0.2) is 107 Å². The van der Waals surface area contributed by atoms with Crippen LogP contribution in [0, 0.1) is 0 Å². The van der Waals surface area contributed by atoms with Crippen LogP contribution in [0.3, 0.4) is 0 Å². The molecule has 0 aliphatic heterocycles. The second kappa shape index (κ2) is 10.2. The molecule has 0 aromatic heterocycles. The molecule has 5 heteroatoms. The number of nitrogens with one attached hydrogen (secondary N) is 1. The quantitative estimate of drug-likeness (QED) is 0.100. The largest absolute Gasteiger partial charge is 0.507 e. The molecule has 0 unspecified atom stereocenters. The molecule has 0 spiro atoms. The Labute approximate surface area is 248 Å². The van der Waals surface area contributed by atoms with Gasteiger partial charge >= 0.3 is 0 Å². The van der Waals surface area contributed by atoms with E-state index in [0.717, 1.165) is 43.4 Å². The highest BCUT2D eigenvalue weighted by atomic mass is 16.3. The van der Waals surface area contributed by atoms with E-state index in [2.05, 4.69) is 88.1 Å². The van der Waals surface area contributed by atoms with Gasteiger partial charge in [0.15, 0.2) is 0 Å². The van der Waals surface area contributed by atoms with Crippen molar-refractivity contribution in [1.29, 1.82) is 0 Å². The molecular formula is C38H29N3O2. The van der Waals surface area contributed by atoms with Gasteiger partial charge in [-0.3, -0.25) is 9.98 Å². The molecule has 0 fully saturated rings. The van der Waals surface area contributed by atoms with Crippen molar-refractivity contribution in [2.24, 2.45) is 9.98 Å². The first-order chi connectivity index (χ1) is 21.2. The molecule has 0 heterocycles. The molecule has 8 aromatic rings. The summed E-state index contributed by atoms with van der Waals surface area (Å²) in [6.07, 6.45) is 3.53. The van der Waals surface area contributed by atoms with E-state index in [-0.39, 0.29) is 11.5 Å². The van der Waals surface area contributed by atoms with Crippen molar-refractivity contribution in [3.8, 4) is 11.5 Å². The molecule has 0 atom stereocenters. The third-order valence-electron chi connectivity index (χ3n) is 8.59. The smallest absolute Gasteiger partial charge is 0.132 e. The summed E-state index contributed by atoms with van der Waals surface area (Å²) in [5.74, 6) is 0.541. The monoisotopic (exact) mass is 559 g/mol. The van der Waals surface area contributed by atoms with Crippen LogP contribution >= 0.6 is 0 Å². The summed E-state index contributed by atoms with van der Waals surface area (Å²) in [6, 6.07) is 33.3. The van der Waals surface area contributed by atoms with Gasteiger partial charge in [0.25, 0.3) is 0 Å². The van der Waals surface area contributed by atoms with Gasteiger partial charge in [0, 0.05) is 58.2 Å². The highest BCUT2D eigenvalue weighted by Crippen LogP contribution is 2.41. The average Bonchev–Trinajstić information content (AvgIpc) is 3.04. The molecule has 0 radical (unpaired) electrons. The molecule has 208 valence electrons. The Balaban J connectivity index is 0.907.